The van der Waals surface area contributed by atoms with Gasteiger partial charge in [0.05, 0.1) is 11.4 Å². The minimum Gasteiger partial charge on any atom is -0.446 e. The summed E-state index contributed by atoms with van der Waals surface area (Å²) in [5.41, 5.74) is 4.21. The number of carbonyl (C=O) groups excluding carboxylic acids is 1. The van der Waals surface area contributed by atoms with Gasteiger partial charge in [-0.1, -0.05) is 48.8 Å². The number of nitrogens with zero attached hydrogens (tertiary/aromatic N) is 1. The highest BCUT2D eigenvalue weighted by Crippen LogP contribution is 2.25. The lowest BCUT2D eigenvalue weighted by atomic mass is 9.90. The van der Waals surface area contributed by atoms with Crippen LogP contribution in [0.15, 0.2) is 53.1 Å². The third-order valence-electron chi connectivity index (χ3n) is 4.40. The average Bonchev–Trinajstić information content (AvgIpc) is 3.01. The van der Waals surface area contributed by atoms with Crippen molar-refractivity contribution in [2.24, 2.45) is 10.9 Å². The Hall–Kier alpha value is -2.60. The number of ether oxygens (including phenoxy) is 1. The van der Waals surface area contributed by atoms with E-state index in [0.717, 1.165) is 30.7 Å². The van der Waals surface area contributed by atoms with Crippen molar-refractivity contribution < 1.29 is 9.53 Å². The first-order chi connectivity index (χ1) is 12.1. The van der Waals surface area contributed by atoms with E-state index in [2.05, 4.69) is 35.9 Å². The van der Waals surface area contributed by atoms with Crippen LogP contribution in [0.4, 0.5) is 5.69 Å². The molecule has 3 nitrogen and oxygen atoms in total. The molecule has 25 heavy (non-hydrogen) atoms. The molecule has 3 heteroatoms. The minimum absolute atomic E-state index is 0.349. The van der Waals surface area contributed by atoms with Crippen LogP contribution in [0.3, 0.4) is 0 Å². The van der Waals surface area contributed by atoms with E-state index >= 15 is 0 Å². The van der Waals surface area contributed by atoms with E-state index in [-0.39, 0.29) is 5.97 Å². The van der Waals surface area contributed by atoms with Crippen LogP contribution >= 0.6 is 0 Å². The zero-order valence-corrected chi connectivity index (χ0v) is 14.8. The number of hydrogen-bond donors (Lipinski definition) is 0. The fraction of sp³-hybridized carbons (Fsp3) is 0.364. The third-order valence-corrected chi connectivity index (χ3v) is 4.40. The SMILES string of the molecule is CC1CCC=C(/C=C/C(=O)O[C@H](C)C#CC2=Nc3ccccc3C2)C1. The summed E-state index contributed by atoms with van der Waals surface area (Å²) in [6.45, 7) is 4.02. The maximum atomic E-state index is 11.9. The summed E-state index contributed by atoms with van der Waals surface area (Å²) in [5.74, 6) is 6.33. The number of hydrogen-bond acceptors (Lipinski definition) is 3. The van der Waals surface area contributed by atoms with Crippen LogP contribution in [0.1, 0.15) is 38.7 Å². The molecule has 2 aliphatic rings. The molecule has 128 valence electrons. The number of rotatable bonds is 3. The van der Waals surface area contributed by atoms with Crippen molar-refractivity contribution in [1.82, 2.24) is 0 Å². The molecule has 0 spiro atoms. The fourth-order valence-electron chi connectivity index (χ4n) is 3.09. The average molecular weight is 333 g/mol. The van der Waals surface area contributed by atoms with Gasteiger partial charge in [0.15, 0.2) is 6.10 Å². The fourth-order valence-corrected chi connectivity index (χ4v) is 3.09. The Morgan fingerprint density at radius 2 is 2.24 bits per heavy atom. The number of para-hydroxylation sites is 1. The van der Waals surface area contributed by atoms with Crippen molar-refractivity contribution in [3.05, 3.63) is 53.6 Å². The van der Waals surface area contributed by atoms with E-state index in [0.29, 0.717) is 5.92 Å². The van der Waals surface area contributed by atoms with E-state index in [1.165, 1.54) is 23.6 Å². The lowest BCUT2D eigenvalue weighted by molar-refractivity contribution is -0.139. The predicted octanol–water partition coefficient (Wildman–Crippen LogP) is 4.55. The Morgan fingerprint density at radius 3 is 3.04 bits per heavy atom. The summed E-state index contributed by atoms with van der Waals surface area (Å²) in [6.07, 6.45) is 9.20. The van der Waals surface area contributed by atoms with Crippen molar-refractivity contribution in [2.75, 3.05) is 0 Å². The second kappa shape index (κ2) is 7.98. The van der Waals surface area contributed by atoms with Crippen LogP contribution in [0, 0.1) is 17.8 Å². The van der Waals surface area contributed by atoms with Gasteiger partial charge in [-0.25, -0.2) is 9.79 Å². The Labute approximate surface area is 149 Å². The third kappa shape index (κ3) is 4.93. The van der Waals surface area contributed by atoms with Crippen LogP contribution in [-0.2, 0) is 16.0 Å². The van der Waals surface area contributed by atoms with Gasteiger partial charge >= 0.3 is 5.97 Å². The topological polar surface area (TPSA) is 38.7 Å². The number of esters is 1. The van der Waals surface area contributed by atoms with Crippen molar-refractivity contribution in [3.63, 3.8) is 0 Å². The number of carbonyl (C=O) groups is 1. The lowest BCUT2D eigenvalue weighted by Gasteiger charge is -2.16. The molecule has 0 fully saturated rings. The van der Waals surface area contributed by atoms with E-state index in [1.807, 2.05) is 24.3 Å². The first kappa shape index (κ1) is 17.2. The Kier molecular flexibility index (Phi) is 5.50. The van der Waals surface area contributed by atoms with Crippen LogP contribution in [0.2, 0.25) is 0 Å². The molecule has 1 aromatic rings. The van der Waals surface area contributed by atoms with Gasteiger partial charge in [-0.2, -0.15) is 0 Å². The second-order valence-corrected chi connectivity index (χ2v) is 6.71. The quantitative estimate of drug-likeness (QED) is 0.462. The molecule has 1 aromatic carbocycles. The maximum Gasteiger partial charge on any atom is 0.331 e. The highest BCUT2D eigenvalue weighted by atomic mass is 16.5. The zero-order chi connectivity index (χ0) is 17.6. The summed E-state index contributed by atoms with van der Waals surface area (Å²) in [6, 6.07) is 8.02. The molecule has 1 aliphatic heterocycles. The van der Waals surface area contributed by atoms with Gasteiger partial charge < -0.3 is 4.74 Å². The molecule has 1 unspecified atom stereocenters. The Morgan fingerprint density at radius 1 is 1.40 bits per heavy atom. The summed E-state index contributed by atoms with van der Waals surface area (Å²) < 4.78 is 5.32. The molecule has 0 bridgehead atoms. The number of fused-ring (bicyclic) bond motifs is 1. The molecule has 1 aliphatic carbocycles. The lowest BCUT2D eigenvalue weighted by Crippen LogP contribution is -2.11. The molecule has 0 saturated heterocycles. The largest absolute Gasteiger partial charge is 0.446 e. The Balaban J connectivity index is 1.51. The van der Waals surface area contributed by atoms with Crippen LogP contribution in [-0.4, -0.2) is 17.8 Å². The van der Waals surface area contributed by atoms with E-state index < -0.39 is 6.10 Å². The standard InChI is InChI=1S/C22H23NO2/c1-16-6-5-7-18(14-16)11-13-22(24)25-17(2)10-12-20-15-19-8-3-4-9-21(19)23-20/h3-4,7-9,11,13,16-17H,5-6,14-15H2,1-2H3/b13-11+/t16?,17-/m1/s1. The zero-order valence-electron chi connectivity index (χ0n) is 14.8. The number of allylic oxidation sites excluding steroid dienone is 3. The summed E-state index contributed by atoms with van der Waals surface area (Å²) in [4.78, 5) is 16.4. The Bertz CT molecular complexity index is 805. The first-order valence-electron chi connectivity index (χ1n) is 8.85. The van der Waals surface area contributed by atoms with Gasteiger partial charge in [-0.15, -0.1) is 0 Å². The normalized spacial score (nSPS) is 20.2. The monoisotopic (exact) mass is 333 g/mol. The van der Waals surface area contributed by atoms with E-state index in [9.17, 15) is 4.79 Å². The van der Waals surface area contributed by atoms with E-state index in [4.69, 9.17) is 4.74 Å². The molecule has 1 heterocycles. The van der Waals surface area contributed by atoms with Crippen molar-refractivity contribution in [3.8, 4) is 11.8 Å². The smallest absolute Gasteiger partial charge is 0.331 e. The summed E-state index contributed by atoms with van der Waals surface area (Å²) in [7, 11) is 0. The van der Waals surface area contributed by atoms with Crippen molar-refractivity contribution >= 4 is 17.4 Å². The van der Waals surface area contributed by atoms with Gasteiger partial charge in [0.2, 0.25) is 0 Å². The second-order valence-electron chi connectivity index (χ2n) is 6.71. The van der Waals surface area contributed by atoms with Gasteiger partial charge in [0.1, 0.15) is 0 Å². The molecule has 0 saturated carbocycles. The maximum absolute atomic E-state index is 11.9. The molecular weight excluding hydrogens is 310 g/mol. The number of aliphatic imine (C=N–C) groups is 1. The first-order valence-corrected chi connectivity index (χ1v) is 8.85. The highest BCUT2D eigenvalue weighted by molar-refractivity contribution is 6.06. The molecule has 2 atom stereocenters. The summed E-state index contributed by atoms with van der Waals surface area (Å²) in [5, 5.41) is 0. The summed E-state index contributed by atoms with van der Waals surface area (Å²) >= 11 is 0. The number of benzene rings is 1. The molecule has 0 N–H and O–H groups in total. The van der Waals surface area contributed by atoms with Crippen LogP contribution < -0.4 is 0 Å². The van der Waals surface area contributed by atoms with Crippen LogP contribution in [0.5, 0.6) is 0 Å². The van der Waals surface area contributed by atoms with Gasteiger partial charge in [0, 0.05) is 12.5 Å². The van der Waals surface area contributed by atoms with E-state index in [1.54, 1.807) is 6.92 Å². The molecule has 0 amide bonds. The molecule has 0 radical (unpaired) electrons. The van der Waals surface area contributed by atoms with Gasteiger partial charge in [-0.05, 0) is 49.7 Å². The molecular formula is C22H23NO2. The predicted molar refractivity (Wildman–Crippen MR) is 101 cm³/mol. The van der Waals surface area contributed by atoms with Gasteiger partial charge in [-0.3, -0.25) is 0 Å². The van der Waals surface area contributed by atoms with Crippen LogP contribution in [0.25, 0.3) is 0 Å². The molecule has 0 aromatic heterocycles. The highest BCUT2D eigenvalue weighted by Gasteiger charge is 2.12. The molecule has 3 rings (SSSR count). The minimum atomic E-state index is -0.456. The van der Waals surface area contributed by atoms with Gasteiger partial charge in [0.25, 0.3) is 0 Å². The van der Waals surface area contributed by atoms with Crippen molar-refractivity contribution in [1.29, 1.82) is 0 Å². The van der Waals surface area contributed by atoms with Crippen molar-refractivity contribution in [2.45, 2.75) is 45.6 Å².